The van der Waals surface area contributed by atoms with Crippen LogP contribution in [0.4, 0.5) is 19.1 Å². The molecule has 2 rings (SSSR count). The van der Waals surface area contributed by atoms with E-state index in [0.29, 0.717) is 31.6 Å². The van der Waals surface area contributed by atoms with Crippen LogP contribution >= 0.6 is 0 Å². The van der Waals surface area contributed by atoms with Crippen molar-refractivity contribution in [2.75, 3.05) is 24.5 Å². The number of hydrogen-bond donors (Lipinski definition) is 2. The summed E-state index contributed by atoms with van der Waals surface area (Å²) in [4.78, 5) is 18.8. The lowest BCUT2D eigenvalue weighted by Gasteiger charge is -2.31. The van der Waals surface area contributed by atoms with Crippen LogP contribution in [0.15, 0.2) is 10.9 Å². The summed E-state index contributed by atoms with van der Waals surface area (Å²) in [6.07, 6.45) is -3.04. The number of aromatic amines is 1. The number of hydrogen-bond acceptors (Lipinski definition) is 4. The van der Waals surface area contributed by atoms with E-state index in [1.54, 1.807) is 4.90 Å². The van der Waals surface area contributed by atoms with Crippen LogP contribution in [0.3, 0.4) is 0 Å². The largest absolute Gasteiger partial charge is 0.433 e. The fourth-order valence-corrected chi connectivity index (χ4v) is 2.12. The fourth-order valence-electron chi connectivity index (χ4n) is 2.12. The highest BCUT2D eigenvalue weighted by molar-refractivity contribution is 5.31. The third-order valence-corrected chi connectivity index (χ3v) is 3.27. The highest BCUT2D eigenvalue weighted by Gasteiger charge is 2.34. The molecule has 1 saturated heterocycles. The van der Waals surface area contributed by atoms with Gasteiger partial charge in [0.25, 0.3) is 5.56 Å². The van der Waals surface area contributed by atoms with E-state index in [4.69, 9.17) is 5.73 Å². The zero-order chi connectivity index (χ0) is 14.0. The van der Waals surface area contributed by atoms with Crippen LogP contribution < -0.4 is 16.2 Å². The number of rotatable bonds is 2. The summed E-state index contributed by atoms with van der Waals surface area (Å²) in [5.74, 6) is 0.365. The molecule has 3 N–H and O–H groups in total. The van der Waals surface area contributed by atoms with Crippen molar-refractivity contribution in [1.82, 2.24) is 9.97 Å². The summed E-state index contributed by atoms with van der Waals surface area (Å²) >= 11 is 0. The first-order chi connectivity index (χ1) is 8.90. The topological polar surface area (TPSA) is 75.0 Å². The van der Waals surface area contributed by atoms with Crippen molar-refractivity contribution < 1.29 is 13.2 Å². The number of alkyl halides is 3. The molecular formula is C11H15F3N4O. The molecule has 0 aliphatic carbocycles. The Labute approximate surface area is 107 Å². The van der Waals surface area contributed by atoms with E-state index in [-0.39, 0.29) is 5.95 Å². The molecule has 0 amide bonds. The van der Waals surface area contributed by atoms with Crippen molar-refractivity contribution in [2.24, 2.45) is 11.7 Å². The highest BCUT2D eigenvalue weighted by atomic mass is 19.4. The summed E-state index contributed by atoms with van der Waals surface area (Å²) in [6.45, 7) is 1.67. The summed E-state index contributed by atoms with van der Waals surface area (Å²) in [5, 5.41) is 0. The van der Waals surface area contributed by atoms with E-state index in [0.717, 1.165) is 12.8 Å². The van der Waals surface area contributed by atoms with Gasteiger partial charge >= 0.3 is 6.18 Å². The molecule has 19 heavy (non-hydrogen) atoms. The number of piperidine rings is 1. The zero-order valence-electron chi connectivity index (χ0n) is 10.2. The van der Waals surface area contributed by atoms with E-state index < -0.39 is 17.4 Å². The lowest BCUT2D eigenvalue weighted by molar-refractivity contribution is -0.141. The van der Waals surface area contributed by atoms with E-state index in [2.05, 4.69) is 9.97 Å². The second-order valence-corrected chi connectivity index (χ2v) is 4.62. The molecule has 0 unspecified atom stereocenters. The summed E-state index contributed by atoms with van der Waals surface area (Å²) in [7, 11) is 0. The average molecular weight is 276 g/mol. The van der Waals surface area contributed by atoms with Crippen molar-refractivity contribution >= 4 is 5.95 Å². The van der Waals surface area contributed by atoms with Gasteiger partial charge < -0.3 is 10.6 Å². The maximum Gasteiger partial charge on any atom is 0.433 e. The molecule has 106 valence electrons. The Kier molecular flexibility index (Phi) is 3.79. The number of nitrogens with one attached hydrogen (secondary N) is 1. The molecule has 5 nitrogen and oxygen atoms in total. The van der Waals surface area contributed by atoms with Gasteiger partial charge in [0, 0.05) is 19.2 Å². The molecule has 0 atom stereocenters. The Hall–Kier alpha value is -1.57. The number of anilines is 1. The quantitative estimate of drug-likeness (QED) is 0.844. The summed E-state index contributed by atoms with van der Waals surface area (Å²) in [5.41, 5.74) is 3.60. The second kappa shape index (κ2) is 5.20. The second-order valence-electron chi connectivity index (χ2n) is 4.62. The highest BCUT2D eigenvalue weighted by Crippen LogP contribution is 2.28. The molecule has 0 aromatic carbocycles. The van der Waals surface area contributed by atoms with Gasteiger partial charge in [0.1, 0.15) is 0 Å². The van der Waals surface area contributed by atoms with Crippen LogP contribution in [0.5, 0.6) is 0 Å². The van der Waals surface area contributed by atoms with Crippen molar-refractivity contribution in [3.8, 4) is 0 Å². The molecule has 0 saturated carbocycles. The van der Waals surface area contributed by atoms with Crippen molar-refractivity contribution in [3.63, 3.8) is 0 Å². The van der Waals surface area contributed by atoms with E-state index in [1.165, 1.54) is 0 Å². The Morgan fingerprint density at radius 2 is 2.05 bits per heavy atom. The smallest absolute Gasteiger partial charge is 0.342 e. The van der Waals surface area contributed by atoms with Crippen molar-refractivity contribution in [1.29, 1.82) is 0 Å². The van der Waals surface area contributed by atoms with Crippen LogP contribution in [-0.4, -0.2) is 29.6 Å². The van der Waals surface area contributed by atoms with Gasteiger partial charge in [0.2, 0.25) is 5.95 Å². The first-order valence-corrected chi connectivity index (χ1v) is 6.03. The summed E-state index contributed by atoms with van der Waals surface area (Å²) < 4.78 is 37.7. The maximum absolute atomic E-state index is 12.6. The zero-order valence-corrected chi connectivity index (χ0v) is 10.2. The molecule has 0 radical (unpaired) electrons. The molecule has 1 aliphatic heterocycles. The molecule has 2 heterocycles. The van der Waals surface area contributed by atoms with Crippen LogP contribution in [0.2, 0.25) is 0 Å². The number of halogens is 3. The third kappa shape index (κ3) is 3.25. The van der Waals surface area contributed by atoms with Gasteiger partial charge in [-0.2, -0.15) is 13.2 Å². The molecule has 1 aliphatic rings. The lowest BCUT2D eigenvalue weighted by atomic mass is 9.97. The third-order valence-electron chi connectivity index (χ3n) is 3.27. The summed E-state index contributed by atoms with van der Waals surface area (Å²) in [6, 6.07) is 0.468. The van der Waals surface area contributed by atoms with Gasteiger partial charge in [-0.25, -0.2) is 4.98 Å². The predicted molar refractivity (Wildman–Crippen MR) is 63.9 cm³/mol. The Bertz CT molecular complexity index is 491. The minimum absolute atomic E-state index is 0.0182. The van der Waals surface area contributed by atoms with Crippen LogP contribution in [-0.2, 0) is 6.18 Å². The van der Waals surface area contributed by atoms with E-state index in [1.807, 2.05) is 0 Å². The standard InChI is InChI=1S/C11H15F3N4O/c12-11(13,14)8-5-9(19)17-10(16-8)18-3-1-7(6-15)2-4-18/h5,7H,1-4,6,15H2,(H,16,17,19). The minimum atomic E-state index is -4.61. The molecule has 8 heteroatoms. The first kappa shape index (κ1) is 13.9. The average Bonchev–Trinajstić information content (AvgIpc) is 2.37. The van der Waals surface area contributed by atoms with Crippen LogP contribution in [0.25, 0.3) is 0 Å². The lowest BCUT2D eigenvalue weighted by Crippen LogP contribution is -2.38. The number of nitrogens with two attached hydrogens (primary N) is 1. The molecular weight excluding hydrogens is 261 g/mol. The van der Waals surface area contributed by atoms with E-state index >= 15 is 0 Å². The molecule has 0 bridgehead atoms. The monoisotopic (exact) mass is 276 g/mol. The van der Waals surface area contributed by atoms with Gasteiger partial charge in [-0.3, -0.25) is 9.78 Å². The Morgan fingerprint density at radius 1 is 1.42 bits per heavy atom. The Balaban J connectivity index is 2.21. The first-order valence-electron chi connectivity index (χ1n) is 6.03. The predicted octanol–water partition coefficient (Wildman–Crippen LogP) is 0.964. The van der Waals surface area contributed by atoms with E-state index in [9.17, 15) is 18.0 Å². The normalized spacial score (nSPS) is 17.8. The molecule has 1 aromatic rings. The van der Waals surface area contributed by atoms with Crippen molar-refractivity contribution in [3.05, 3.63) is 22.1 Å². The number of H-pyrrole nitrogens is 1. The van der Waals surface area contributed by atoms with Gasteiger partial charge in [-0.05, 0) is 25.3 Å². The Morgan fingerprint density at radius 3 is 2.58 bits per heavy atom. The van der Waals surface area contributed by atoms with Crippen molar-refractivity contribution in [2.45, 2.75) is 19.0 Å². The fraction of sp³-hybridized carbons (Fsp3) is 0.636. The maximum atomic E-state index is 12.6. The van der Waals surface area contributed by atoms with Gasteiger partial charge in [0.05, 0.1) is 0 Å². The minimum Gasteiger partial charge on any atom is -0.342 e. The van der Waals surface area contributed by atoms with Crippen LogP contribution in [0.1, 0.15) is 18.5 Å². The van der Waals surface area contributed by atoms with Crippen LogP contribution in [0, 0.1) is 5.92 Å². The van der Waals surface area contributed by atoms with Gasteiger partial charge in [-0.15, -0.1) is 0 Å². The number of aromatic nitrogens is 2. The molecule has 0 spiro atoms. The molecule has 1 aromatic heterocycles. The van der Waals surface area contributed by atoms with Gasteiger partial charge in [0.15, 0.2) is 5.69 Å². The number of nitrogens with zero attached hydrogens (tertiary/aromatic N) is 2. The SMILES string of the molecule is NCC1CCN(c2nc(C(F)(F)F)cc(=O)[nH]2)CC1. The van der Waals surface area contributed by atoms with Gasteiger partial charge in [-0.1, -0.05) is 0 Å². The molecule has 1 fully saturated rings.